The summed E-state index contributed by atoms with van der Waals surface area (Å²) < 4.78 is 0. The van der Waals surface area contributed by atoms with Gasteiger partial charge in [0, 0.05) is 88.1 Å². The molecule has 2 aliphatic carbocycles. The average Bonchev–Trinajstić information content (AvgIpc) is 3.94. The summed E-state index contributed by atoms with van der Waals surface area (Å²) in [5, 5.41) is 20.1. The summed E-state index contributed by atoms with van der Waals surface area (Å²) in [4.78, 5) is 32.2. The summed E-state index contributed by atoms with van der Waals surface area (Å²) in [6.45, 7) is 5.08. The number of halogens is 1. The van der Waals surface area contributed by atoms with Crippen LogP contribution >= 0.6 is 11.6 Å². The van der Waals surface area contributed by atoms with Gasteiger partial charge in [0.1, 0.15) is 11.6 Å². The van der Waals surface area contributed by atoms with Gasteiger partial charge < -0.3 is 36.8 Å². The Labute approximate surface area is 277 Å². The summed E-state index contributed by atoms with van der Waals surface area (Å²) in [7, 11) is 0. The summed E-state index contributed by atoms with van der Waals surface area (Å²) in [5.41, 5.74) is 11.8. The lowest BCUT2D eigenvalue weighted by molar-refractivity contribution is -0.134. The van der Waals surface area contributed by atoms with Crippen molar-refractivity contribution < 1.29 is 9.90 Å². The number of carbonyl (C=O) groups is 1. The van der Waals surface area contributed by atoms with Gasteiger partial charge in [-0.1, -0.05) is 0 Å². The number of benzene rings is 2. The van der Waals surface area contributed by atoms with Crippen molar-refractivity contribution in [2.45, 2.75) is 58.5 Å². The first-order valence-corrected chi connectivity index (χ1v) is 15.7. The molecular formula is C34H39ClN10O2. The lowest BCUT2D eigenvalue weighted by atomic mass is 10.2. The zero-order valence-electron chi connectivity index (χ0n) is 26.5. The first-order chi connectivity index (χ1) is 22.6. The van der Waals surface area contributed by atoms with Crippen LogP contribution in [0.3, 0.4) is 0 Å². The molecule has 0 amide bonds. The molecule has 12 nitrogen and oxygen atoms in total. The number of nitrogens with two attached hydrogens (primary N) is 1. The number of hydrogen-bond acceptors (Lipinski definition) is 9. The van der Waals surface area contributed by atoms with Crippen LogP contribution in [0.5, 0.6) is 0 Å². The van der Waals surface area contributed by atoms with Crippen LogP contribution in [0, 0.1) is 13.8 Å². The van der Waals surface area contributed by atoms with Crippen LogP contribution in [0.1, 0.15) is 43.7 Å². The van der Waals surface area contributed by atoms with E-state index in [4.69, 9.17) is 27.2 Å². The highest BCUT2D eigenvalue weighted by Gasteiger charge is 2.23. The van der Waals surface area contributed by atoms with E-state index in [0.717, 1.165) is 52.1 Å². The molecule has 0 spiro atoms. The van der Waals surface area contributed by atoms with Gasteiger partial charge in [-0.3, -0.25) is 4.79 Å². The molecule has 0 bridgehead atoms. The number of aliphatic carboxylic acids is 1. The van der Waals surface area contributed by atoms with Gasteiger partial charge in [-0.25, -0.2) is 15.0 Å². The number of aryl methyl sites for hydroxylation is 2. The molecule has 47 heavy (non-hydrogen) atoms. The summed E-state index contributed by atoms with van der Waals surface area (Å²) in [6, 6.07) is 17.2. The number of aromatic nitrogens is 6. The van der Waals surface area contributed by atoms with E-state index in [1.807, 2.05) is 62.8 Å². The van der Waals surface area contributed by atoms with Crippen LogP contribution in [0.2, 0.25) is 5.28 Å². The molecule has 6 aromatic rings. The van der Waals surface area contributed by atoms with Gasteiger partial charge in [-0.2, -0.15) is 4.98 Å². The number of rotatable bonds is 6. The Kier molecular flexibility index (Phi) is 10.7. The van der Waals surface area contributed by atoms with E-state index in [0.29, 0.717) is 23.3 Å². The quantitative estimate of drug-likeness (QED) is 0.0704. The number of nitrogen functional groups attached to an aromatic ring is 1. The Morgan fingerprint density at radius 2 is 1.36 bits per heavy atom. The predicted molar refractivity (Wildman–Crippen MR) is 189 cm³/mol. The fourth-order valence-electron chi connectivity index (χ4n) is 4.39. The minimum Gasteiger partial charge on any atom is -0.481 e. The molecule has 2 aliphatic rings. The van der Waals surface area contributed by atoms with E-state index in [1.165, 1.54) is 36.5 Å². The molecule has 0 atom stereocenters. The van der Waals surface area contributed by atoms with Crippen LogP contribution in [0.4, 0.5) is 29.0 Å². The standard InChI is InChI=1S/C16H17N5.C8H10ClN3.C8H8N2.C2H4O2/c1-10-9-18-16(21-15(10)19-12-2-3-12)20-13-4-5-14-11(8-13)6-7-17-14;1-5-4-10-8(9)12-7(5)11-6-2-3-6;9-7-1-2-8-6(5-7)3-4-10-8;1-2(3)4/h4-9,12,17H,2-3H2,1H3,(H2,18,19,20,21);4,6H,2-3H2,1H3,(H,10,11,12);1-5,10H,9H2;1H3,(H,3,4). The van der Waals surface area contributed by atoms with Crippen molar-refractivity contribution in [2.75, 3.05) is 21.7 Å². The minimum absolute atomic E-state index is 0.309. The molecule has 2 aromatic carbocycles. The van der Waals surface area contributed by atoms with Gasteiger partial charge in [-0.15, -0.1) is 0 Å². The molecule has 13 heteroatoms. The SMILES string of the molecule is CC(=O)O.Cc1cnc(Cl)nc1NC1CC1.Cc1cnc(Nc2ccc3[nH]ccc3c2)nc1NC1CC1.Nc1ccc2[nH]ccc2c1. The lowest BCUT2D eigenvalue weighted by Gasteiger charge is -2.10. The number of fused-ring (bicyclic) bond motifs is 2. The van der Waals surface area contributed by atoms with Crippen LogP contribution in [-0.2, 0) is 4.79 Å². The summed E-state index contributed by atoms with van der Waals surface area (Å²) >= 11 is 5.66. The molecular weight excluding hydrogens is 616 g/mol. The third-order valence-corrected chi connectivity index (χ3v) is 7.32. The normalized spacial score (nSPS) is 13.3. The molecule has 244 valence electrons. The highest BCUT2D eigenvalue weighted by Crippen LogP contribution is 2.27. The van der Waals surface area contributed by atoms with Crippen LogP contribution in [0.15, 0.2) is 73.3 Å². The highest BCUT2D eigenvalue weighted by atomic mass is 35.5. The Morgan fingerprint density at radius 1 is 0.830 bits per heavy atom. The van der Waals surface area contributed by atoms with E-state index in [1.54, 1.807) is 6.20 Å². The maximum Gasteiger partial charge on any atom is 0.300 e. The number of aromatic amines is 2. The fourth-order valence-corrected chi connectivity index (χ4v) is 4.52. The van der Waals surface area contributed by atoms with Gasteiger partial charge in [0.25, 0.3) is 5.97 Å². The fraction of sp³-hybridized carbons (Fsp3) is 0.265. The Morgan fingerprint density at radius 3 is 1.96 bits per heavy atom. The monoisotopic (exact) mass is 654 g/mol. The molecule has 4 aromatic heterocycles. The summed E-state index contributed by atoms with van der Waals surface area (Å²) in [6.07, 6.45) is 12.4. The number of hydrogen-bond donors (Lipinski definition) is 7. The van der Waals surface area contributed by atoms with E-state index >= 15 is 0 Å². The number of carboxylic acid groups (broad SMARTS) is 1. The van der Waals surface area contributed by atoms with Crippen LogP contribution in [-0.4, -0.2) is 53.1 Å². The molecule has 2 saturated carbocycles. The highest BCUT2D eigenvalue weighted by molar-refractivity contribution is 6.28. The van der Waals surface area contributed by atoms with E-state index in [9.17, 15) is 0 Å². The summed E-state index contributed by atoms with van der Waals surface area (Å²) in [5.74, 6) is 1.59. The third-order valence-electron chi connectivity index (χ3n) is 7.14. The molecule has 2 fully saturated rings. The molecule has 4 heterocycles. The van der Waals surface area contributed by atoms with Crippen LogP contribution in [0.25, 0.3) is 21.8 Å². The second kappa shape index (κ2) is 15.3. The van der Waals surface area contributed by atoms with Gasteiger partial charge >= 0.3 is 0 Å². The van der Waals surface area contributed by atoms with Gasteiger partial charge in [-0.05, 0) is 99.7 Å². The average molecular weight is 655 g/mol. The zero-order valence-corrected chi connectivity index (χ0v) is 27.3. The van der Waals surface area contributed by atoms with Crippen molar-refractivity contribution >= 4 is 68.3 Å². The number of anilines is 5. The second-order valence-electron chi connectivity index (χ2n) is 11.5. The van der Waals surface area contributed by atoms with E-state index in [-0.39, 0.29) is 0 Å². The van der Waals surface area contributed by atoms with E-state index < -0.39 is 5.97 Å². The van der Waals surface area contributed by atoms with Gasteiger partial charge in [0.2, 0.25) is 11.2 Å². The van der Waals surface area contributed by atoms with Crippen molar-refractivity contribution in [3.63, 3.8) is 0 Å². The Balaban J connectivity index is 0.000000141. The maximum atomic E-state index is 9.00. The lowest BCUT2D eigenvalue weighted by Crippen LogP contribution is -2.07. The maximum absolute atomic E-state index is 9.00. The molecule has 8 N–H and O–H groups in total. The molecule has 0 unspecified atom stereocenters. The van der Waals surface area contributed by atoms with Crippen molar-refractivity contribution in [1.29, 1.82) is 0 Å². The van der Waals surface area contributed by atoms with Gasteiger partial charge in [0.15, 0.2) is 0 Å². The minimum atomic E-state index is -0.833. The van der Waals surface area contributed by atoms with Gasteiger partial charge in [0.05, 0.1) is 0 Å². The zero-order chi connectivity index (χ0) is 33.3. The number of H-pyrrole nitrogens is 2. The smallest absolute Gasteiger partial charge is 0.300 e. The number of nitrogens with one attached hydrogen (secondary N) is 5. The third kappa shape index (κ3) is 10.3. The molecule has 0 saturated heterocycles. The van der Waals surface area contributed by atoms with Crippen molar-refractivity contribution in [2.24, 2.45) is 0 Å². The van der Waals surface area contributed by atoms with E-state index in [2.05, 4.69) is 64.1 Å². The van der Waals surface area contributed by atoms with Crippen LogP contribution < -0.4 is 21.7 Å². The topological polar surface area (TPSA) is 183 Å². The Bertz CT molecular complexity index is 1940. The second-order valence-corrected chi connectivity index (χ2v) is 11.8. The van der Waals surface area contributed by atoms with Crippen molar-refractivity contribution in [1.82, 2.24) is 29.9 Å². The first-order valence-electron chi connectivity index (χ1n) is 15.3. The first kappa shape index (κ1) is 33.0. The van der Waals surface area contributed by atoms with Crippen molar-refractivity contribution in [3.05, 3.63) is 89.7 Å². The van der Waals surface area contributed by atoms with Crippen molar-refractivity contribution in [3.8, 4) is 0 Å². The Hall–Kier alpha value is -5.36. The molecule has 0 aliphatic heterocycles. The molecule has 0 radical (unpaired) electrons. The number of carboxylic acids is 1. The molecule has 8 rings (SSSR count). The largest absolute Gasteiger partial charge is 0.481 e. The predicted octanol–water partition coefficient (Wildman–Crippen LogP) is 7.44. The number of nitrogens with zero attached hydrogens (tertiary/aromatic N) is 4.